The van der Waals surface area contributed by atoms with Gasteiger partial charge in [-0.3, -0.25) is 4.90 Å². The Morgan fingerprint density at radius 2 is 1.94 bits per heavy atom. The molecule has 1 N–H and O–H groups in total. The van der Waals surface area contributed by atoms with Gasteiger partial charge in [-0.25, -0.2) is 14.6 Å². The van der Waals surface area contributed by atoms with Gasteiger partial charge in [0.15, 0.2) is 0 Å². The number of benzene rings is 1. The summed E-state index contributed by atoms with van der Waals surface area (Å²) in [5.41, 5.74) is 5.11. The summed E-state index contributed by atoms with van der Waals surface area (Å²) in [5, 5.41) is 15.4. The second kappa shape index (κ2) is 8.88. The molecule has 7 heteroatoms. The topological polar surface area (TPSA) is 70.3 Å². The normalized spacial score (nSPS) is 21.0. The number of aromatic nitrogens is 4. The summed E-state index contributed by atoms with van der Waals surface area (Å²) in [5.74, 6) is 1.83. The number of hydrogen-bond donors (Lipinski definition) is 1. The highest BCUT2D eigenvalue weighted by atomic mass is 16.3. The van der Waals surface area contributed by atoms with Crippen LogP contribution >= 0.6 is 0 Å². The molecule has 0 amide bonds. The van der Waals surface area contributed by atoms with Gasteiger partial charge < -0.3 is 10.0 Å². The average molecular weight is 447 g/mol. The first kappa shape index (κ1) is 22.0. The van der Waals surface area contributed by atoms with E-state index in [4.69, 9.17) is 0 Å². The van der Waals surface area contributed by atoms with Gasteiger partial charge in [-0.2, -0.15) is 5.10 Å². The molecular formula is C26H34N6O. The summed E-state index contributed by atoms with van der Waals surface area (Å²) in [6.07, 6.45) is 8.42. The van der Waals surface area contributed by atoms with Crippen molar-refractivity contribution in [3.8, 4) is 5.69 Å². The Bertz CT molecular complexity index is 1100. The number of β-amino-alcohol motifs (C(OH)–C–C–N with tert-alkyl or cyclic N) is 1. The van der Waals surface area contributed by atoms with Gasteiger partial charge in [-0.15, -0.1) is 0 Å². The van der Waals surface area contributed by atoms with Crippen LogP contribution in [0.5, 0.6) is 0 Å². The van der Waals surface area contributed by atoms with Crippen LogP contribution in [0.2, 0.25) is 0 Å². The Labute approximate surface area is 196 Å². The molecule has 4 heterocycles. The Hall–Kier alpha value is -2.77. The van der Waals surface area contributed by atoms with Crippen LogP contribution in [-0.4, -0.2) is 62.0 Å². The second-order valence-corrected chi connectivity index (χ2v) is 10.0. The van der Waals surface area contributed by atoms with E-state index in [9.17, 15) is 5.11 Å². The van der Waals surface area contributed by atoms with Crippen molar-refractivity contribution >= 4 is 5.82 Å². The lowest BCUT2D eigenvalue weighted by molar-refractivity contribution is -0.0252. The lowest BCUT2D eigenvalue weighted by atomic mass is 9.71. The molecule has 0 radical (unpaired) electrons. The van der Waals surface area contributed by atoms with Crippen LogP contribution in [0.25, 0.3) is 5.69 Å². The first-order valence-corrected chi connectivity index (χ1v) is 12.0. The van der Waals surface area contributed by atoms with Crippen molar-refractivity contribution < 1.29 is 5.11 Å². The molecule has 3 aromatic rings. The number of aryl methyl sites for hydroxylation is 3. The van der Waals surface area contributed by atoms with Crippen molar-refractivity contribution in [1.29, 1.82) is 0 Å². The number of nitrogens with zero attached hydrogens (tertiary/aromatic N) is 6. The SMILES string of the molecule is Cc1cc(C)c(CN2CC(O)CC3(CCN(c4ccnc(C)n4)CC3)C2)c(-n2cccn2)c1. The number of rotatable bonds is 4. The van der Waals surface area contributed by atoms with Crippen LogP contribution in [0.1, 0.15) is 41.8 Å². The highest BCUT2D eigenvalue weighted by molar-refractivity contribution is 5.48. The lowest BCUT2D eigenvalue weighted by Crippen LogP contribution is -2.53. The Morgan fingerprint density at radius 1 is 1.12 bits per heavy atom. The maximum Gasteiger partial charge on any atom is 0.132 e. The maximum atomic E-state index is 10.9. The van der Waals surface area contributed by atoms with Crippen molar-refractivity contribution in [2.24, 2.45) is 5.41 Å². The molecule has 1 atom stereocenters. The van der Waals surface area contributed by atoms with E-state index in [-0.39, 0.29) is 11.5 Å². The van der Waals surface area contributed by atoms with Crippen LogP contribution in [0.3, 0.4) is 0 Å². The van der Waals surface area contributed by atoms with E-state index in [0.717, 1.165) is 69.3 Å². The van der Waals surface area contributed by atoms with E-state index >= 15 is 0 Å². The summed E-state index contributed by atoms with van der Waals surface area (Å²) in [6, 6.07) is 8.44. The third-order valence-electron chi connectivity index (χ3n) is 7.33. The fraction of sp³-hybridized carbons (Fsp3) is 0.500. The molecule has 0 saturated carbocycles. The molecular weight excluding hydrogens is 412 g/mol. The number of piperidine rings is 2. The van der Waals surface area contributed by atoms with Crippen LogP contribution in [0.15, 0.2) is 42.9 Å². The van der Waals surface area contributed by atoms with E-state index in [2.05, 4.69) is 50.8 Å². The van der Waals surface area contributed by atoms with Gasteiger partial charge in [-0.05, 0) is 80.3 Å². The molecule has 33 heavy (non-hydrogen) atoms. The lowest BCUT2D eigenvalue weighted by Gasteiger charge is -2.49. The third kappa shape index (κ3) is 4.66. The molecule has 2 aromatic heterocycles. The van der Waals surface area contributed by atoms with Crippen LogP contribution in [-0.2, 0) is 6.54 Å². The molecule has 1 spiro atoms. The van der Waals surface area contributed by atoms with Gasteiger partial charge in [0.25, 0.3) is 0 Å². The average Bonchev–Trinajstić information content (AvgIpc) is 3.30. The number of anilines is 1. The summed E-state index contributed by atoms with van der Waals surface area (Å²) < 4.78 is 1.97. The molecule has 0 bridgehead atoms. The summed E-state index contributed by atoms with van der Waals surface area (Å²) in [4.78, 5) is 13.7. The minimum atomic E-state index is -0.287. The van der Waals surface area contributed by atoms with Crippen LogP contribution < -0.4 is 4.90 Å². The second-order valence-electron chi connectivity index (χ2n) is 10.0. The van der Waals surface area contributed by atoms with E-state index in [1.165, 1.54) is 16.7 Å². The molecule has 2 aliphatic rings. The molecule has 0 aliphatic carbocycles. The molecule has 174 valence electrons. The van der Waals surface area contributed by atoms with Crippen molar-refractivity contribution in [1.82, 2.24) is 24.6 Å². The summed E-state index contributed by atoms with van der Waals surface area (Å²) >= 11 is 0. The monoisotopic (exact) mass is 446 g/mol. The van der Waals surface area contributed by atoms with Crippen molar-refractivity contribution in [2.45, 2.75) is 52.7 Å². The maximum absolute atomic E-state index is 10.9. The molecule has 7 nitrogen and oxygen atoms in total. The minimum absolute atomic E-state index is 0.153. The predicted molar refractivity (Wildman–Crippen MR) is 130 cm³/mol. The van der Waals surface area contributed by atoms with Crippen LogP contribution in [0.4, 0.5) is 5.82 Å². The quantitative estimate of drug-likeness (QED) is 0.662. The Balaban J connectivity index is 1.34. The summed E-state index contributed by atoms with van der Waals surface area (Å²) in [7, 11) is 0. The first-order valence-electron chi connectivity index (χ1n) is 12.0. The van der Waals surface area contributed by atoms with Crippen molar-refractivity contribution in [2.75, 3.05) is 31.1 Å². The van der Waals surface area contributed by atoms with E-state index in [0.29, 0.717) is 0 Å². The first-order chi connectivity index (χ1) is 15.9. The molecule has 2 aliphatic heterocycles. The standard InChI is InChI=1S/C26H34N6O/c1-19-13-20(2)23(24(14-19)32-10-4-8-28-32)17-30-16-22(33)15-26(18-30)6-11-31(12-7-26)25-5-9-27-21(3)29-25/h4-5,8-10,13-14,22,33H,6-7,11-12,15-18H2,1-3H3. The zero-order chi connectivity index (χ0) is 23.0. The van der Waals surface area contributed by atoms with Crippen LogP contribution in [0, 0.1) is 26.2 Å². The van der Waals surface area contributed by atoms with Crippen molar-refractivity contribution in [3.63, 3.8) is 0 Å². The van der Waals surface area contributed by atoms with Gasteiger partial charge in [0, 0.05) is 51.3 Å². The van der Waals surface area contributed by atoms with E-state index in [1.54, 1.807) is 0 Å². The highest BCUT2D eigenvalue weighted by Gasteiger charge is 2.42. The van der Waals surface area contributed by atoms with E-state index < -0.39 is 0 Å². The molecule has 5 rings (SSSR count). The smallest absolute Gasteiger partial charge is 0.132 e. The zero-order valence-corrected chi connectivity index (χ0v) is 19.9. The molecule has 1 aromatic carbocycles. The van der Waals surface area contributed by atoms with Gasteiger partial charge in [0.05, 0.1) is 11.8 Å². The molecule has 2 saturated heterocycles. The number of aliphatic hydroxyl groups is 1. The fourth-order valence-electron chi connectivity index (χ4n) is 5.80. The highest BCUT2D eigenvalue weighted by Crippen LogP contribution is 2.41. The van der Waals surface area contributed by atoms with E-state index in [1.807, 2.05) is 42.3 Å². The third-order valence-corrected chi connectivity index (χ3v) is 7.33. The number of likely N-dealkylation sites (tertiary alicyclic amines) is 1. The minimum Gasteiger partial charge on any atom is -0.392 e. The van der Waals surface area contributed by atoms with Gasteiger partial charge >= 0.3 is 0 Å². The predicted octanol–water partition coefficient (Wildman–Crippen LogP) is 3.44. The van der Waals surface area contributed by atoms with Gasteiger partial charge in [0.2, 0.25) is 0 Å². The molecule has 2 fully saturated rings. The Morgan fingerprint density at radius 3 is 2.67 bits per heavy atom. The number of hydrogen-bond acceptors (Lipinski definition) is 6. The Kier molecular flexibility index (Phi) is 5.93. The zero-order valence-electron chi connectivity index (χ0n) is 19.9. The summed E-state index contributed by atoms with van der Waals surface area (Å²) in [6.45, 7) is 10.8. The largest absolute Gasteiger partial charge is 0.392 e. The van der Waals surface area contributed by atoms with Crippen molar-refractivity contribution in [3.05, 3.63) is 65.4 Å². The number of aliphatic hydroxyl groups excluding tert-OH is 1. The van der Waals surface area contributed by atoms with Gasteiger partial charge in [0.1, 0.15) is 11.6 Å². The molecule has 1 unspecified atom stereocenters. The fourth-order valence-corrected chi connectivity index (χ4v) is 5.80. The van der Waals surface area contributed by atoms with Gasteiger partial charge in [-0.1, -0.05) is 6.07 Å².